The molecule has 52 heavy (non-hydrogen) atoms. The van der Waals surface area contributed by atoms with Crippen molar-refractivity contribution in [2.75, 3.05) is 44.4 Å². The number of hydrogen-bond acceptors (Lipinski definition) is 13. The van der Waals surface area contributed by atoms with Crippen LogP contribution in [0, 0.1) is 29.6 Å². The number of aliphatic hydroxyl groups excluding tert-OH is 1. The van der Waals surface area contributed by atoms with Gasteiger partial charge < -0.3 is 35.1 Å². The molecular formula is C38H46N4O10. The summed E-state index contributed by atoms with van der Waals surface area (Å²) in [5.74, 6) is -11.5. The number of Topliss-reactive ketones (excluding diaryl/α,β-unsaturated/α-hetero) is 4. The van der Waals surface area contributed by atoms with Gasteiger partial charge in [-0.05, 0) is 36.5 Å². The number of phenols is 1. The highest BCUT2D eigenvalue weighted by Gasteiger charge is 2.62. The Hall–Kier alpha value is -4.69. The van der Waals surface area contributed by atoms with Gasteiger partial charge in [0.05, 0.1) is 61.3 Å². The van der Waals surface area contributed by atoms with Crippen LogP contribution in [0.5, 0.6) is 17.2 Å². The molecule has 2 saturated carbocycles. The van der Waals surface area contributed by atoms with Gasteiger partial charge in [0.2, 0.25) is 5.91 Å². The largest absolute Gasteiger partial charge is 0.507 e. The molecule has 1 heterocycles. The molecule has 14 heteroatoms. The number of nitrogens with zero attached hydrogens (tertiary/aromatic N) is 3. The van der Waals surface area contributed by atoms with Gasteiger partial charge >= 0.3 is 0 Å². The average Bonchev–Trinajstić information content (AvgIpc) is 3.12. The van der Waals surface area contributed by atoms with Gasteiger partial charge in [-0.25, -0.2) is 0 Å². The van der Waals surface area contributed by atoms with Crippen molar-refractivity contribution in [3.8, 4) is 17.2 Å². The Bertz CT molecular complexity index is 1790. The van der Waals surface area contributed by atoms with Crippen LogP contribution in [-0.2, 0) is 23.9 Å². The molecule has 1 saturated heterocycles. The Morgan fingerprint density at radius 1 is 0.942 bits per heavy atom. The fourth-order valence-electron chi connectivity index (χ4n) is 8.15. The number of amides is 1. The van der Waals surface area contributed by atoms with E-state index in [0.29, 0.717) is 56.7 Å². The van der Waals surface area contributed by atoms with Gasteiger partial charge in [0.1, 0.15) is 22.9 Å². The minimum absolute atomic E-state index is 0.152. The van der Waals surface area contributed by atoms with Gasteiger partial charge in [-0.3, -0.25) is 24.0 Å². The Kier molecular flexibility index (Phi) is 11.1. The summed E-state index contributed by atoms with van der Waals surface area (Å²) in [4.78, 5) is 68.3. The minimum Gasteiger partial charge on any atom is -0.507 e. The molecule has 7 atom stereocenters. The number of fused-ring (bicyclic) bond motifs is 3. The summed E-state index contributed by atoms with van der Waals surface area (Å²) >= 11 is 0. The van der Waals surface area contributed by atoms with E-state index < -0.39 is 77.1 Å². The maximum atomic E-state index is 14.1. The third-order valence-corrected chi connectivity index (χ3v) is 10.8. The van der Waals surface area contributed by atoms with Crippen molar-refractivity contribution in [2.24, 2.45) is 45.6 Å². The molecule has 0 spiro atoms. The standard InChI is InChI=1S/C38H46N4O10/c1-4-6-12-51-26-18-23(42-10-14-50-15-11-42)27(52-13-7-5-2)17-22(26)41-40-21-8-9-24(43)31-28(21)19(3)29-33(37(31)48)36(47)30-20(34(29)45)16-25(44)32(35(30)46)38(39)49/h8-9,17-20,29-30,32-34,43,45H,4-7,10-16H2,1-3H3,(H2,39,49)/t19?,20-,29+,30?,32?,33?,34+/m0/s1. The van der Waals surface area contributed by atoms with E-state index in [0.717, 1.165) is 31.4 Å². The summed E-state index contributed by atoms with van der Waals surface area (Å²) in [5.41, 5.74) is 6.91. The topological polar surface area (TPSA) is 207 Å². The first-order valence-corrected chi connectivity index (χ1v) is 18.2. The van der Waals surface area contributed by atoms with E-state index in [4.69, 9.17) is 19.9 Å². The predicted molar refractivity (Wildman–Crippen MR) is 188 cm³/mol. The number of aromatic hydroxyl groups is 1. The number of anilines is 1. The molecule has 0 radical (unpaired) electrons. The molecule has 1 aliphatic heterocycles. The van der Waals surface area contributed by atoms with E-state index in [9.17, 15) is 34.2 Å². The van der Waals surface area contributed by atoms with Crippen LogP contribution in [-0.4, -0.2) is 84.9 Å². The first-order chi connectivity index (χ1) is 25.0. The molecule has 6 rings (SSSR count). The van der Waals surface area contributed by atoms with E-state index in [1.54, 1.807) is 13.0 Å². The highest BCUT2D eigenvalue weighted by molar-refractivity contribution is 6.28. The average molecular weight is 719 g/mol. The predicted octanol–water partition coefficient (Wildman–Crippen LogP) is 4.35. The van der Waals surface area contributed by atoms with Crippen molar-refractivity contribution in [2.45, 2.75) is 64.9 Å². The number of carbonyl (C=O) groups excluding carboxylic acids is 5. The van der Waals surface area contributed by atoms with Crippen LogP contribution in [0.25, 0.3) is 0 Å². The van der Waals surface area contributed by atoms with E-state index >= 15 is 0 Å². The quantitative estimate of drug-likeness (QED) is 0.160. The second kappa shape index (κ2) is 15.5. The Balaban J connectivity index is 1.40. The highest BCUT2D eigenvalue weighted by atomic mass is 16.5. The maximum Gasteiger partial charge on any atom is 0.235 e. The summed E-state index contributed by atoms with van der Waals surface area (Å²) in [5, 5.41) is 31.8. The molecule has 14 nitrogen and oxygen atoms in total. The number of primary amides is 1. The number of phenolic OH excluding ortho intramolecular Hbond substituents is 1. The van der Waals surface area contributed by atoms with Crippen molar-refractivity contribution in [3.63, 3.8) is 0 Å². The summed E-state index contributed by atoms with van der Waals surface area (Å²) in [6, 6.07) is 6.47. The number of ketones is 4. The Labute approximate surface area is 301 Å². The number of hydrogen-bond donors (Lipinski definition) is 3. The normalized spacial score (nSPS) is 27.3. The number of ether oxygens (including phenoxy) is 3. The molecule has 3 fully saturated rings. The van der Waals surface area contributed by atoms with Crippen molar-refractivity contribution in [1.29, 1.82) is 0 Å². The molecule has 0 aromatic heterocycles. The zero-order valence-corrected chi connectivity index (χ0v) is 29.7. The van der Waals surface area contributed by atoms with Gasteiger partial charge in [-0.15, -0.1) is 5.11 Å². The number of unbranched alkanes of at least 4 members (excludes halogenated alkanes) is 2. The number of rotatable bonds is 12. The van der Waals surface area contributed by atoms with E-state index in [2.05, 4.69) is 29.0 Å². The van der Waals surface area contributed by atoms with Crippen molar-refractivity contribution >= 4 is 46.1 Å². The van der Waals surface area contributed by atoms with Gasteiger partial charge in [0, 0.05) is 43.5 Å². The smallest absolute Gasteiger partial charge is 0.235 e. The molecule has 3 aliphatic carbocycles. The molecule has 0 bridgehead atoms. The molecular weight excluding hydrogens is 672 g/mol. The molecule has 1 amide bonds. The second-order valence-electron chi connectivity index (χ2n) is 14.0. The molecule has 2 aromatic carbocycles. The van der Waals surface area contributed by atoms with Crippen LogP contribution in [0.1, 0.15) is 74.7 Å². The summed E-state index contributed by atoms with van der Waals surface area (Å²) in [6.45, 7) is 9.30. The monoisotopic (exact) mass is 718 g/mol. The first-order valence-electron chi connectivity index (χ1n) is 18.2. The van der Waals surface area contributed by atoms with Gasteiger partial charge in [-0.1, -0.05) is 33.6 Å². The van der Waals surface area contributed by atoms with Gasteiger partial charge in [-0.2, -0.15) is 5.11 Å². The fraction of sp³-hybridized carbons (Fsp3) is 0.553. The number of carbonyl (C=O) groups is 5. The lowest BCUT2D eigenvalue weighted by Gasteiger charge is -2.49. The second-order valence-corrected chi connectivity index (χ2v) is 14.0. The summed E-state index contributed by atoms with van der Waals surface area (Å²) in [7, 11) is 0. The molecule has 4 N–H and O–H groups in total. The molecule has 4 aliphatic rings. The van der Waals surface area contributed by atoms with Gasteiger partial charge in [0.25, 0.3) is 0 Å². The zero-order chi connectivity index (χ0) is 37.3. The minimum atomic E-state index is -1.81. The van der Waals surface area contributed by atoms with Crippen LogP contribution in [0.3, 0.4) is 0 Å². The zero-order valence-electron chi connectivity index (χ0n) is 29.7. The maximum absolute atomic E-state index is 14.1. The number of benzene rings is 2. The van der Waals surface area contributed by atoms with E-state index in [1.165, 1.54) is 12.1 Å². The molecule has 4 unspecified atom stereocenters. The third kappa shape index (κ3) is 6.69. The lowest BCUT2D eigenvalue weighted by atomic mass is 9.52. The number of azo groups is 1. The molecule has 2 aromatic rings. The van der Waals surface area contributed by atoms with E-state index in [1.807, 2.05) is 6.07 Å². The first kappa shape index (κ1) is 37.1. The number of morpholine rings is 1. The van der Waals surface area contributed by atoms with Crippen LogP contribution in [0.15, 0.2) is 34.5 Å². The van der Waals surface area contributed by atoms with Crippen LogP contribution >= 0.6 is 0 Å². The molecule has 278 valence electrons. The van der Waals surface area contributed by atoms with Crippen molar-refractivity contribution in [3.05, 3.63) is 35.4 Å². The van der Waals surface area contributed by atoms with E-state index in [-0.39, 0.29) is 22.6 Å². The SMILES string of the molecule is CCCCOc1cc(N2CCOCC2)c(OCCCC)cc1N=Nc1ccc(O)c2c1C(C)[C@@H]1C(C2=O)C(=O)C2C(=O)C(C(N)=O)C(=O)C[C@@H]2[C@H]1O. The van der Waals surface area contributed by atoms with Crippen LogP contribution < -0.4 is 20.1 Å². The van der Waals surface area contributed by atoms with Crippen molar-refractivity contribution < 1.29 is 48.4 Å². The fourth-order valence-corrected chi connectivity index (χ4v) is 8.15. The third-order valence-electron chi connectivity index (χ3n) is 10.8. The van der Waals surface area contributed by atoms with Crippen LogP contribution in [0.4, 0.5) is 17.1 Å². The Morgan fingerprint density at radius 3 is 2.25 bits per heavy atom. The summed E-state index contributed by atoms with van der Waals surface area (Å²) in [6.07, 6.45) is 1.70. The summed E-state index contributed by atoms with van der Waals surface area (Å²) < 4.78 is 18.0. The van der Waals surface area contributed by atoms with Crippen molar-refractivity contribution in [1.82, 2.24) is 0 Å². The lowest BCUT2D eigenvalue weighted by Crippen LogP contribution is -2.62. The lowest BCUT2D eigenvalue weighted by molar-refractivity contribution is -0.160. The van der Waals surface area contributed by atoms with Crippen LogP contribution in [0.2, 0.25) is 0 Å². The number of aliphatic hydroxyl groups is 1. The Morgan fingerprint density at radius 2 is 1.60 bits per heavy atom. The van der Waals surface area contributed by atoms with Gasteiger partial charge in [0.15, 0.2) is 29.1 Å². The highest BCUT2D eigenvalue weighted by Crippen LogP contribution is 2.54. The number of nitrogens with two attached hydrogens (primary N) is 1.